The van der Waals surface area contributed by atoms with E-state index in [9.17, 15) is 4.79 Å². The van der Waals surface area contributed by atoms with Crippen LogP contribution in [0.25, 0.3) is 0 Å². The molecule has 1 amide bonds. The summed E-state index contributed by atoms with van der Waals surface area (Å²) in [7, 11) is 3.09. The summed E-state index contributed by atoms with van der Waals surface area (Å²) in [5.74, 6) is -0.137. The number of amides is 1. The van der Waals surface area contributed by atoms with Gasteiger partial charge in [0.1, 0.15) is 6.61 Å². The molecule has 3 nitrogen and oxygen atoms in total. The average Bonchev–Trinajstić information content (AvgIpc) is 1.59. The van der Waals surface area contributed by atoms with Gasteiger partial charge in [-0.3, -0.25) is 4.79 Å². The Labute approximate surface area is 61.8 Å². The fraction of sp³-hybridized carbons (Fsp3) is 0.714. The van der Waals surface area contributed by atoms with E-state index in [1.165, 1.54) is 0 Å². The van der Waals surface area contributed by atoms with Gasteiger partial charge in [-0.15, -0.1) is 0 Å². The highest BCUT2D eigenvalue weighted by Gasteiger charge is 2.12. The number of carbonyl (C=O) groups excluding carboxylic acids is 1. The summed E-state index contributed by atoms with van der Waals surface area (Å²) in [6.07, 6.45) is 0. The Hall–Kier alpha value is -0.570. The summed E-state index contributed by atoms with van der Waals surface area (Å²) in [5, 5.41) is 2.72. The van der Waals surface area contributed by atoms with Gasteiger partial charge in [-0.1, -0.05) is 0 Å². The lowest BCUT2D eigenvalue weighted by Crippen LogP contribution is -2.42. The fourth-order valence-electron chi connectivity index (χ4n) is 0.547. The van der Waals surface area contributed by atoms with E-state index in [2.05, 4.69) is 17.2 Å². The second kappa shape index (κ2) is 3.56. The maximum atomic E-state index is 10.8. The molecule has 0 aromatic heterocycles. The molecule has 0 aromatic carbocycles. The van der Waals surface area contributed by atoms with Gasteiger partial charge in [-0.05, 0) is 20.8 Å². The third-order valence-electron chi connectivity index (χ3n) is 0.748. The van der Waals surface area contributed by atoms with Crippen LogP contribution in [0.2, 0.25) is 0 Å². The van der Waals surface area contributed by atoms with E-state index in [1.807, 2.05) is 20.8 Å². The number of nitrogens with one attached hydrogen (secondary N) is 1. The summed E-state index contributed by atoms with van der Waals surface area (Å²) in [6.45, 7) is 5.76. The van der Waals surface area contributed by atoms with Crippen molar-refractivity contribution in [2.45, 2.75) is 26.3 Å². The van der Waals surface area contributed by atoms with Gasteiger partial charge < -0.3 is 10.1 Å². The molecule has 0 fully saturated rings. The van der Waals surface area contributed by atoms with Crippen LogP contribution in [0, 0.1) is 7.11 Å². The van der Waals surface area contributed by atoms with Gasteiger partial charge in [0.05, 0.1) is 7.11 Å². The quantitative estimate of drug-likeness (QED) is 0.619. The Morgan fingerprint density at radius 3 is 2.40 bits per heavy atom. The van der Waals surface area contributed by atoms with Gasteiger partial charge in [-0.2, -0.15) is 0 Å². The molecule has 0 unspecified atom stereocenters. The first kappa shape index (κ1) is 9.43. The monoisotopic (exact) mass is 144 g/mol. The highest BCUT2D eigenvalue weighted by Crippen LogP contribution is 1.97. The van der Waals surface area contributed by atoms with Crippen LogP contribution >= 0.6 is 0 Å². The SMILES string of the molecule is [CH2]OCC(=O)NC(C)(C)C. The molecule has 3 heteroatoms. The van der Waals surface area contributed by atoms with Crippen molar-refractivity contribution >= 4 is 5.91 Å². The van der Waals surface area contributed by atoms with Crippen molar-refractivity contribution in [2.24, 2.45) is 0 Å². The first-order chi connectivity index (χ1) is 4.45. The van der Waals surface area contributed by atoms with E-state index >= 15 is 0 Å². The second-order valence-corrected chi connectivity index (χ2v) is 3.15. The number of rotatable bonds is 2. The van der Waals surface area contributed by atoms with Crippen LogP contribution < -0.4 is 5.32 Å². The van der Waals surface area contributed by atoms with Crippen molar-refractivity contribution in [3.8, 4) is 0 Å². The molecule has 10 heavy (non-hydrogen) atoms. The summed E-state index contributed by atoms with van der Waals surface area (Å²) in [6, 6.07) is 0. The van der Waals surface area contributed by atoms with Crippen LogP contribution in [-0.4, -0.2) is 18.1 Å². The van der Waals surface area contributed by atoms with Crippen LogP contribution in [-0.2, 0) is 9.53 Å². The third-order valence-corrected chi connectivity index (χ3v) is 0.748. The number of ether oxygens (including phenoxy) is 1. The molecule has 0 spiro atoms. The van der Waals surface area contributed by atoms with E-state index < -0.39 is 0 Å². The minimum Gasteiger partial charge on any atom is -0.369 e. The van der Waals surface area contributed by atoms with Gasteiger partial charge in [0, 0.05) is 5.54 Å². The number of carbonyl (C=O) groups is 1. The first-order valence-corrected chi connectivity index (χ1v) is 3.14. The molecule has 59 valence electrons. The zero-order valence-corrected chi connectivity index (χ0v) is 6.73. The van der Waals surface area contributed by atoms with E-state index in [0.29, 0.717) is 0 Å². The van der Waals surface area contributed by atoms with Crippen molar-refractivity contribution in [3.63, 3.8) is 0 Å². The predicted molar refractivity (Wildman–Crippen MR) is 39.2 cm³/mol. The molecule has 0 aromatic rings. The molecular formula is C7H14NO2. The van der Waals surface area contributed by atoms with Crippen LogP contribution in [0.5, 0.6) is 0 Å². The van der Waals surface area contributed by atoms with Gasteiger partial charge in [0.15, 0.2) is 0 Å². The molecule has 0 atom stereocenters. The molecule has 0 bridgehead atoms. The van der Waals surface area contributed by atoms with Crippen LogP contribution in [0.1, 0.15) is 20.8 Å². The van der Waals surface area contributed by atoms with E-state index in [1.54, 1.807) is 0 Å². The van der Waals surface area contributed by atoms with E-state index in [4.69, 9.17) is 0 Å². The van der Waals surface area contributed by atoms with Gasteiger partial charge in [-0.25, -0.2) is 0 Å². The lowest BCUT2D eigenvalue weighted by Gasteiger charge is -2.19. The Balaban J connectivity index is 3.58. The Kier molecular flexibility index (Phi) is 3.36. The average molecular weight is 144 g/mol. The molecule has 0 rings (SSSR count). The second-order valence-electron chi connectivity index (χ2n) is 3.15. The minimum absolute atomic E-state index is 0.0251. The number of hydrogen-bond donors (Lipinski definition) is 1. The molecule has 0 saturated heterocycles. The fourth-order valence-corrected chi connectivity index (χ4v) is 0.547. The van der Waals surface area contributed by atoms with Crippen LogP contribution in [0.4, 0.5) is 0 Å². The van der Waals surface area contributed by atoms with Gasteiger partial charge in [0.2, 0.25) is 5.91 Å². The first-order valence-electron chi connectivity index (χ1n) is 3.14. The third kappa shape index (κ3) is 5.56. The summed E-state index contributed by atoms with van der Waals surface area (Å²) in [4.78, 5) is 10.8. The normalized spacial score (nSPS) is 11.2. The maximum Gasteiger partial charge on any atom is 0.246 e. The molecule has 1 N–H and O–H groups in total. The highest BCUT2D eigenvalue weighted by molar-refractivity contribution is 5.77. The van der Waals surface area contributed by atoms with Crippen molar-refractivity contribution in [3.05, 3.63) is 7.11 Å². The maximum absolute atomic E-state index is 10.8. The Morgan fingerprint density at radius 2 is 2.10 bits per heavy atom. The van der Waals surface area contributed by atoms with E-state index in [-0.39, 0.29) is 18.1 Å². The summed E-state index contributed by atoms with van der Waals surface area (Å²) in [5.41, 5.74) is -0.185. The van der Waals surface area contributed by atoms with Crippen LogP contribution in [0.15, 0.2) is 0 Å². The van der Waals surface area contributed by atoms with Gasteiger partial charge >= 0.3 is 0 Å². The Morgan fingerprint density at radius 1 is 1.60 bits per heavy atom. The van der Waals surface area contributed by atoms with Crippen LogP contribution in [0.3, 0.4) is 0 Å². The highest BCUT2D eigenvalue weighted by atomic mass is 16.5. The molecule has 0 aliphatic rings. The van der Waals surface area contributed by atoms with Crippen molar-refractivity contribution in [2.75, 3.05) is 6.61 Å². The van der Waals surface area contributed by atoms with Gasteiger partial charge in [0.25, 0.3) is 0 Å². The standard InChI is InChI=1S/C7H14NO2/c1-7(2,3)8-6(9)5-10-4/h4-5H2,1-3H3,(H,8,9). The lowest BCUT2D eigenvalue weighted by molar-refractivity contribution is -0.125. The molecular weight excluding hydrogens is 130 g/mol. The minimum atomic E-state index is -0.185. The molecule has 0 aliphatic carbocycles. The lowest BCUT2D eigenvalue weighted by atomic mass is 10.1. The molecule has 0 saturated carbocycles. The predicted octanol–water partition coefficient (Wildman–Crippen LogP) is 0.709. The Bertz CT molecular complexity index is 115. The summed E-state index contributed by atoms with van der Waals surface area (Å²) >= 11 is 0. The largest absolute Gasteiger partial charge is 0.369 e. The van der Waals surface area contributed by atoms with E-state index in [0.717, 1.165) is 0 Å². The van der Waals surface area contributed by atoms with Crippen molar-refractivity contribution < 1.29 is 9.53 Å². The zero-order chi connectivity index (χ0) is 8.20. The van der Waals surface area contributed by atoms with Crippen molar-refractivity contribution in [1.29, 1.82) is 0 Å². The topological polar surface area (TPSA) is 38.3 Å². The number of hydrogen-bond acceptors (Lipinski definition) is 2. The molecule has 0 heterocycles. The molecule has 1 radical (unpaired) electrons. The molecule has 0 aliphatic heterocycles. The smallest absolute Gasteiger partial charge is 0.246 e. The van der Waals surface area contributed by atoms with Crippen molar-refractivity contribution in [1.82, 2.24) is 5.32 Å². The zero-order valence-electron chi connectivity index (χ0n) is 6.73. The summed E-state index contributed by atoms with van der Waals surface area (Å²) < 4.78 is 4.39.